The first-order valence-electron chi connectivity index (χ1n) is 7.86. The number of fused-ring (bicyclic) bond motifs is 1. The van der Waals surface area contributed by atoms with Crippen molar-refractivity contribution in [1.29, 1.82) is 0 Å². The van der Waals surface area contributed by atoms with Crippen LogP contribution in [0.3, 0.4) is 0 Å². The number of aliphatic hydroxyl groups is 1. The standard InChI is InChI=1S/C19H16FNO3/c20-17-8-16-12(10-22)7-19(24)21(13-3-4-13)18(16)9-15(17)11-1-5-14(23)6-2-11/h1-2,5-9,13,22-23H,3-4,10H2. The number of aromatic nitrogens is 1. The molecule has 2 N–H and O–H groups in total. The summed E-state index contributed by atoms with van der Waals surface area (Å²) >= 11 is 0. The minimum absolute atomic E-state index is 0.109. The monoisotopic (exact) mass is 325 g/mol. The number of halogens is 1. The molecule has 0 unspecified atom stereocenters. The molecule has 1 saturated carbocycles. The van der Waals surface area contributed by atoms with Gasteiger partial charge in [-0.25, -0.2) is 4.39 Å². The predicted molar refractivity (Wildman–Crippen MR) is 89.5 cm³/mol. The Labute approximate surface area is 137 Å². The first-order valence-corrected chi connectivity index (χ1v) is 7.86. The molecular weight excluding hydrogens is 309 g/mol. The molecule has 1 aromatic heterocycles. The molecule has 3 aromatic rings. The highest BCUT2D eigenvalue weighted by Gasteiger charge is 2.27. The fraction of sp³-hybridized carbons (Fsp3) is 0.211. The largest absolute Gasteiger partial charge is 0.508 e. The number of aromatic hydroxyl groups is 1. The SMILES string of the molecule is O=c1cc(CO)c2cc(F)c(-c3ccc(O)cc3)cc2n1C1CC1. The molecule has 0 radical (unpaired) electrons. The van der Waals surface area contributed by atoms with Crippen molar-refractivity contribution in [1.82, 2.24) is 4.57 Å². The number of phenols is 1. The van der Waals surface area contributed by atoms with Gasteiger partial charge >= 0.3 is 0 Å². The van der Waals surface area contributed by atoms with E-state index in [-0.39, 0.29) is 24.0 Å². The summed E-state index contributed by atoms with van der Waals surface area (Å²) in [6.07, 6.45) is 1.86. The summed E-state index contributed by atoms with van der Waals surface area (Å²) in [4.78, 5) is 12.4. The molecule has 0 spiro atoms. The first-order chi connectivity index (χ1) is 11.6. The number of pyridine rings is 1. The van der Waals surface area contributed by atoms with Crippen LogP contribution in [0, 0.1) is 5.82 Å². The number of phenolic OH excluding ortho intramolecular Hbond substituents is 1. The molecule has 24 heavy (non-hydrogen) atoms. The molecule has 1 aliphatic carbocycles. The number of hydrogen-bond donors (Lipinski definition) is 2. The van der Waals surface area contributed by atoms with E-state index in [0.29, 0.717) is 27.6 Å². The zero-order valence-corrected chi connectivity index (χ0v) is 12.9. The summed E-state index contributed by atoms with van der Waals surface area (Å²) in [5, 5.41) is 19.5. The normalized spacial score (nSPS) is 14.2. The first kappa shape index (κ1) is 14.9. The third-order valence-electron chi connectivity index (χ3n) is 4.49. The molecule has 0 saturated heterocycles. The van der Waals surface area contributed by atoms with Gasteiger partial charge in [0.1, 0.15) is 11.6 Å². The summed E-state index contributed by atoms with van der Waals surface area (Å²) < 4.78 is 16.3. The van der Waals surface area contributed by atoms with Crippen LogP contribution < -0.4 is 5.56 Å². The average molecular weight is 325 g/mol. The number of benzene rings is 2. The minimum Gasteiger partial charge on any atom is -0.508 e. The van der Waals surface area contributed by atoms with Crippen molar-refractivity contribution in [3.8, 4) is 16.9 Å². The number of aliphatic hydroxyl groups excluding tert-OH is 1. The van der Waals surface area contributed by atoms with Crippen molar-refractivity contribution >= 4 is 10.9 Å². The topological polar surface area (TPSA) is 62.5 Å². The van der Waals surface area contributed by atoms with Crippen molar-refractivity contribution in [3.05, 3.63) is 64.2 Å². The van der Waals surface area contributed by atoms with Crippen LogP contribution in [-0.4, -0.2) is 14.8 Å². The maximum Gasteiger partial charge on any atom is 0.251 e. The molecule has 1 heterocycles. The quantitative estimate of drug-likeness (QED) is 0.776. The van der Waals surface area contributed by atoms with Gasteiger partial charge in [-0.2, -0.15) is 0 Å². The summed E-state index contributed by atoms with van der Waals surface area (Å²) in [5.41, 5.74) is 1.89. The van der Waals surface area contributed by atoms with Gasteiger partial charge in [-0.15, -0.1) is 0 Å². The lowest BCUT2D eigenvalue weighted by atomic mass is 10.0. The van der Waals surface area contributed by atoms with Crippen LogP contribution in [0.15, 0.2) is 47.3 Å². The molecule has 1 aliphatic rings. The Bertz CT molecular complexity index is 988. The van der Waals surface area contributed by atoms with E-state index in [9.17, 15) is 19.4 Å². The third kappa shape index (κ3) is 2.37. The molecule has 0 atom stereocenters. The van der Waals surface area contributed by atoms with E-state index in [4.69, 9.17) is 0 Å². The minimum atomic E-state index is -0.427. The second-order valence-corrected chi connectivity index (χ2v) is 6.16. The van der Waals surface area contributed by atoms with Gasteiger partial charge < -0.3 is 14.8 Å². The summed E-state index contributed by atoms with van der Waals surface area (Å²) in [7, 11) is 0. The van der Waals surface area contributed by atoms with Crippen molar-refractivity contribution in [2.75, 3.05) is 0 Å². The molecule has 2 aromatic carbocycles. The highest BCUT2D eigenvalue weighted by Crippen LogP contribution is 2.38. The average Bonchev–Trinajstić information content (AvgIpc) is 3.39. The van der Waals surface area contributed by atoms with Crippen LogP contribution in [0.25, 0.3) is 22.0 Å². The summed E-state index contributed by atoms with van der Waals surface area (Å²) in [6, 6.07) is 10.8. The van der Waals surface area contributed by atoms with Crippen LogP contribution in [0.4, 0.5) is 4.39 Å². The zero-order chi connectivity index (χ0) is 16.8. The molecule has 4 rings (SSSR count). The summed E-state index contributed by atoms with van der Waals surface area (Å²) in [5.74, 6) is -0.318. The van der Waals surface area contributed by atoms with Crippen molar-refractivity contribution < 1.29 is 14.6 Å². The molecule has 122 valence electrons. The second kappa shape index (κ2) is 5.46. The molecule has 4 nitrogen and oxygen atoms in total. The number of hydrogen-bond acceptors (Lipinski definition) is 3. The van der Waals surface area contributed by atoms with Crippen LogP contribution in [-0.2, 0) is 6.61 Å². The van der Waals surface area contributed by atoms with Crippen LogP contribution in [0.2, 0.25) is 0 Å². The van der Waals surface area contributed by atoms with Crippen molar-refractivity contribution in [2.24, 2.45) is 0 Å². The maximum absolute atomic E-state index is 14.6. The second-order valence-electron chi connectivity index (χ2n) is 6.16. The van der Waals surface area contributed by atoms with E-state index in [1.54, 1.807) is 22.8 Å². The zero-order valence-electron chi connectivity index (χ0n) is 12.9. The van der Waals surface area contributed by atoms with Gasteiger partial charge in [-0.1, -0.05) is 12.1 Å². The van der Waals surface area contributed by atoms with Crippen molar-refractivity contribution in [2.45, 2.75) is 25.5 Å². The van der Waals surface area contributed by atoms with E-state index >= 15 is 0 Å². The van der Waals surface area contributed by atoms with Crippen LogP contribution in [0.1, 0.15) is 24.4 Å². The maximum atomic E-state index is 14.6. The molecule has 0 amide bonds. The van der Waals surface area contributed by atoms with Gasteiger partial charge in [0.15, 0.2) is 0 Å². The molecular formula is C19H16FNO3. The van der Waals surface area contributed by atoms with Crippen LogP contribution in [0.5, 0.6) is 5.75 Å². The highest BCUT2D eigenvalue weighted by molar-refractivity contribution is 5.87. The van der Waals surface area contributed by atoms with E-state index in [1.807, 2.05) is 0 Å². The van der Waals surface area contributed by atoms with E-state index in [2.05, 4.69) is 0 Å². The Morgan fingerprint density at radius 1 is 1.12 bits per heavy atom. The van der Waals surface area contributed by atoms with Gasteiger partial charge in [0.05, 0.1) is 12.1 Å². The highest BCUT2D eigenvalue weighted by atomic mass is 19.1. The predicted octanol–water partition coefficient (Wildman–Crippen LogP) is 3.34. The van der Waals surface area contributed by atoms with E-state index in [1.165, 1.54) is 24.3 Å². The van der Waals surface area contributed by atoms with E-state index < -0.39 is 5.82 Å². The Morgan fingerprint density at radius 2 is 1.83 bits per heavy atom. The lowest BCUT2D eigenvalue weighted by Gasteiger charge is -2.14. The smallest absolute Gasteiger partial charge is 0.251 e. The van der Waals surface area contributed by atoms with E-state index in [0.717, 1.165) is 12.8 Å². The third-order valence-corrected chi connectivity index (χ3v) is 4.49. The molecule has 5 heteroatoms. The lowest BCUT2D eigenvalue weighted by molar-refractivity contribution is 0.283. The van der Waals surface area contributed by atoms with Gasteiger partial charge in [-0.3, -0.25) is 4.79 Å². The number of rotatable bonds is 3. The molecule has 0 bridgehead atoms. The molecule has 0 aliphatic heterocycles. The van der Waals surface area contributed by atoms with Crippen molar-refractivity contribution in [3.63, 3.8) is 0 Å². The lowest BCUT2D eigenvalue weighted by Crippen LogP contribution is -2.20. The fourth-order valence-electron chi connectivity index (χ4n) is 3.14. The Morgan fingerprint density at radius 3 is 2.46 bits per heavy atom. The fourth-order valence-corrected chi connectivity index (χ4v) is 3.14. The van der Waals surface area contributed by atoms with Gasteiger partial charge in [-0.05, 0) is 48.2 Å². The van der Waals surface area contributed by atoms with Gasteiger partial charge in [0.2, 0.25) is 0 Å². The van der Waals surface area contributed by atoms with Gasteiger partial charge in [0, 0.05) is 23.1 Å². The Kier molecular flexibility index (Phi) is 3.39. The van der Waals surface area contributed by atoms with Gasteiger partial charge in [0.25, 0.3) is 5.56 Å². The summed E-state index contributed by atoms with van der Waals surface area (Å²) in [6.45, 7) is -0.310. The number of nitrogens with zero attached hydrogens (tertiary/aromatic N) is 1. The molecule has 1 fully saturated rings. The Balaban J connectivity index is 2.03. The van der Waals surface area contributed by atoms with Crippen LogP contribution >= 0.6 is 0 Å². The Hall–Kier alpha value is -2.66.